The first-order chi connectivity index (χ1) is 14.9. The molecule has 2 atom stereocenters. The monoisotopic (exact) mass is 448 g/mol. The molecule has 1 amide bonds. The lowest BCUT2D eigenvalue weighted by atomic mass is 9.79. The smallest absolute Gasteiger partial charge is 0.416 e. The molecule has 1 heterocycles. The lowest BCUT2D eigenvalue weighted by Gasteiger charge is -2.45. The van der Waals surface area contributed by atoms with E-state index in [1.807, 2.05) is 25.1 Å². The summed E-state index contributed by atoms with van der Waals surface area (Å²) in [6.45, 7) is 8.63. The van der Waals surface area contributed by atoms with E-state index in [4.69, 9.17) is 0 Å². The molecular weight excluding hydrogens is 417 g/mol. The standard InChI is InChI=1S/C25H31F3N2O2/c1-16-6-5-7-21(20(16)14-17-8-10-18(11-9-17)25(26,27)28)29-19-12-13-30(23(31)32)22(15-19)24(2,3)4/h5-11,19,22,29H,12-15H2,1-4H3,(H,31,32). The second-order valence-electron chi connectivity index (χ2n) is 9.70. The number of hydrogen-bond acceptors (Lipinski definition) is 2. The van der Waals surface area contributed by atoms with Crippen molar-refractivity contribution in [2.75, 3.05) is 11.9 Å². The van der Waals surface area contributed by atoms with E-state index in [2.05, 4.69) is 26.1 Å². The fourth-order valence-electron chi connectivity index (χ4n) is 4.45. The number of amides is 1. The Balaban J connectivity index is 1.80. The van der Waals surface area contributed by atoms with Crippen molar-refractivity contribution in [1.82, 2.24) is 4.90 Å². The van der Waals surface area contributed by atoms with Gasteiger partial charge in [-0.3, -0.25) is 0 Å². The Labute approximate surface area is 187 Å². The van der Waals surface area contributed by atoms with Crippen molar-refractivity contribution in [3.05, 3.63) is 64.7 Å². The molecule has 0 aliphatic carbocycles. The maximum atomic E-state index is 12.9. The highest BCUT2D eigenvalue weighted by molar-refractivity contribution is 5.66. The maximum absolute atomic E-state index is 12.9. The molecule has 0 saturated carbocycles. The molecule has 2 unspecified atom stereocenters. The zero-order valence-corrected chi connectivity index (χ0v) is 19.0. The van der Waals surface area contributed by atoms with Crippen molar-refractivity contribution in [1.29, 1.82) is 0 Å². The average Bonchev–Trinajstić information content (AvgIpc) is 2.69. The number of aryl methyl sites for hydroxylation is 1. The quantitative estimate of drug-likeness (QED) is 0.556. The molecule has 2 aromatic carbocycles. The van der Waals surface area contributed by atoms with Gasteiger partial charge in [0.2, 0.25) is 0 Å². The van der Waals surface area contributed by atoms with E-state index in [-0.39, 0.29) is 17.5 Å². The normalized spacial score (nSPS) is 19.7. The Morgan fingerprint density at radius 3 is 2.34 bits per heavy atom. The topological polar surface area (TPSA) is 52.6 Å². The number of rotatable bonds is 4. The summed E-state index contributed by atoms with van der Waals surface area (Å²) in [4.78, 5) is 13.2. The number of carboxylic acid groups (broad SMARTS) is 1. The highest BCUT2D eigenvalue weighted by Crippen LogP contribution is 2.34. The molecule has 0 bridgehead atoms. The van der Waals surface area contributed by atoms with Gasteiger partial charge in [0.1, 0.15) is 0 Å². The van der Waals surface area contributed by atoms with Crippen LogP contribution in [0.3, 0.4) is 0 Å². The third-order valence-electron chi connectivity index (χ3n) is 6.28. The highest BCUT2D eigenvalue weighted by atomic mass is 19.4. The van der Waals surface area contributed by atoms with Crippen molar-refractivity contribution < 1.29 is 23.1 Å². The van der Waals surface area contributed by atoms with Gasteiger partial charge < -0.3 is 15.3 Å². The SMILES string of the molecule is Cc1cccc(NC2CCN(C(=O)O)C(C(C)(C)C)C2)c1Cc1ccc(C(F)(F)F)cc1. The van der Waals surface area contributed by atoms with Gasteiger partial charge in [0, 0.05) is 24.3 Å². The van der Waals surface area contributed by atoms with Crippen LogP contribution in [0.4, 0.5) is 23.7 Å². The summed E-state index contributed by atoms with van der Waals surface area (Å²) in [6, 6.07) is 11.3. The second-order valence-corrected chi connectivity index (χ2v) is 9.70. The minimum atomic E-state index is -4.34. The van der Waals surface area contributed by atoms with Gasteiger partial charge in [-0.2, -0.15) is 13.2 Å². The van der Waals surface area contributed by atoms with E-state index in [0.29, 0.717) is 25.8 Å². The van der Waals surface area contributed by atoms with Gasteiger partial charge in [0.25, 0.3) is 0 Å². The largest absolute Gasteiger partial charge is 0.465 e. The molecule has 1 saturated heterocycles. The van der Waals surface area contributed by atoms with Crippen LogP contribution in [-0.2, 0) is 12.6 Å². The van der Waals surface area contributed by atoms with Crippen molar-refractivity contribution in [2.24, 2.45) is 5.41 Å². The number of likely N-dealkylation sites (tertiary alicyclic amines) is 1. The number of piperidine rings is 1. The molecule has 7 heteroatoms. The molecule has 1 aliphatic heterocycles. The zero-order valence-electron chi connectivity index (χ0n) is 19.0. The van der Waals surface area contributed by atoms with Gasteiger partial charge in [-0.15, -0.1) is 0 Å². The number of anilines is 1. The van der Waals surface area contributed by atoms with Crippen LogP contribution in [-0.4, -0.2) is 34.7 Å². The highest BCUT2D eigenvalue weighted by Gasteiger charge is 2.38. The summed E-state index contributed by atoms with van der Waals surface area (Å²) in [5.41, 5.74) is 3.03. The predicted octanol–water partition coefficient (Wildman–Crippen LogP) is 6.57. The summed E-state index contributed by atoms with van der Waals surface area (Å²) in [6.07, 6.45) is -3.32. The van der Waals surface area contributed by atoms with Gasteiger partial charge in [-0.05, 0) is 66.5 Å². The zero-order chi connectivity index (χ0) is 23.7. The Morgan fingerprint density at radius 1 is 1.12 bits per heavy atom. The van der Waals surface area contributed by atoms with Gasteiger partial charge in [0.05, 0.1) is 5.56 Å². The predicted molar refractivity (Wildman–Crippen MR) is 120 cm³/mol. The maximum Gasteiger partial charge on any atom is 0.416 e. The second kappa shape index (κ2) is 9.04. The van der Waals surface area contributed by atoms with Crippen LogP contribution in [0, 0.1) is 12.3 Å². The first-order valence-electron chi connectivity index (χ1n) is 10.9. The molecule has 0 aromatic heterocycles. The molecule has 0 spiro atoms. The summed E-state index contributed by atoms with van der Waals surface area (Å²) in [5.74, 6) is 0. The Kier molecular flexibility index (Phi) is 6.77. The van der Waals surface area contributed by atoms with E-state index >= 15 is 0 Å². The lowest BCUT2D eigenvalue weighted by Crippen LogP contribution is -2.54. The van der Waals surface area contributed by atoms with Crippen molar-refractivity contribution in [3.63, 3.8) is 0 Å². The minimum Gasteiger partial charge on any atom is -0.465 e. The number of benzene rings is 2. The van der Waals surface area contributed by atoms with Crippen LogP contribution < -0.4 is 5.32 Å². The number of alkyl halides is 3. The van der Waals surface area contributed by atoms with E-state index in [0.717, 1.165) is 34.5 Å². The molecule has 2 aromatic rings. The molecular formula is C25H31F3N2O2. The molecule has 1 aliphatic rings. The molecule has 2 N–H and O–H groups in total. The van der Waals surface area contributed by atoms with Crippen LogP contribution >= 0.6 is 0 Å². The van der Waals surface area contributed by atoms with Gasteiger partial charge in [-0.25, -0.2) is 4.79 Å². The fraction of sp³-hybridized carbons (Fsp3) is 0.480. The van der Waals surface area contributed by atoms with Crippen LogP contribution in [0.2, 0.25) is 0 Å². The Bertz CT molecular complexity index is 949. The van der Waals surface area contributed by atoms with Gasteiger partial charge in [0.15, 0.2) is 0 Å². The minimum absolute atomic E-state index is 0.102. The van der Waals surface area contributed by atoms with E-state index in [1.165, 1.54) is 17.0 Å². The summed E-state index contributed by atoms with van der Waals surface area (Å²) in [5, 5.41) is 13.2. The van der Waals surface area contributed by atoms with Crippen LogP contribution in [0.5, 0.6) is 0 Å². The summed E-state index contributed by atoms with van der Waals surface area (Å²) >= 11 is 0. The average molecular weight is 449 g/mol. The number of carbonyl (C=O) groups is 1. The fourth-order valence-corrected chi connectivity index (χ4v) is 4.45. The number of nitrogens with zero attached hydrogens (tertiary/aromatic N) is 1. The van der Waals surface area contributed by atoms with Crippen molar-refractivity contribution in [3.8, 4) is 0 Å². The summed E-state index contributed by atoms with van der Waals surface area (Å²) in [7, 11) is 0. The van der Waals surface area contributed by atoms with E-state index in [9.17, 15) is 23.1 Å². The molecule has 0 radical (unpaired) electrons. The van der Waals surface area contributed by atoms with Crippen LogP contribution in [0.25, 0.3) is 0 Å². The van der Waals surface area contributed by atoms with Crippen LogP contribution in [0.15, 0.2) is 42.5 Å². The Hall–Kier alpha value is -2.70. The number of nitrogens with one attached hydrogen (secondary N) is 1. The van der Waals surface area contributed by atoms with E-state index < -0.39 is 17.8 Å². The van der Waals surface area contributed by atoms with E-state index in [1.54, 1.807) is 0 Å². The lowest BCUT2D eigenvalue weighted by molar-refractivity contribution is -0.137. The molecule has 1 fully saturated rings. The van der Waals surface area contributed by atoms with Crippen molar-refractivity contribution in [2.45, 2.75) is 65.2 Å². The van der Waals surface area contributed by atoms with Gasteiger partial charge >= 0.3 is 12.3 Å². The third-order valence-corrected chi connectivity index (χ3v) is 6.28. The first kappa shape index (κ1) is 24.0. The molecule has 4 nitrogen and oxygen atoms in total. The first-order valence-corrected chi connectivity index (χ1v) is 10.9. The number of halogens is 3. The van der Waals surface area contributed by atoms with Crippen molar-refractivity contribution >= 4 is 11.8 Å². The molecule has 3 rings (SSSR count). The molecule has 32 heavy (non-hydrogen) atoms. The molecule has 174 valence electrons. The summed E-state index contributed by atoms with van der Waals surface area (Å²) < 4.78 is 38.6. The Morgan fingerprint density at radius 2 is 1.78 bits per heavy atom. The third kappa shape index (κ3) is 5.56. The number of hydrogen-bond donors (Lipinski definition) is 2. The van der Waals surface area contributed by atoms with Gasteiger partial charge in [-0.1, -0.05) is 45.0 Å². The van der Waals surface area contributed by atoms with Crippen LogP contribution in [0.1, 0.15) is 55.9 Å².